The van der Waals surface area contributed by atoms with Crippen molar-refractivity contribution in [3.63, 3.8) is 0 Å². The Morgan fingerprint density at radius 2 is 1.61 bits per heavy atom. The van der Waals surface area contributed by atoms with Gasteiger partial charge < -0.3 is 19.8 Å². The molecule has 5 nitrogen and oxygen atoms in total. The minimum atomic E-state index is -0.487. The van der Waals surface area contributed by atoms with Crippen LogP contribution in [0.2, 0.25) is 0 Å². The fourth-order valence-corrected chi connectivity index (χ4v) is 2.40. The van der Waals surface area contributed by atoms with E-state index in [0.29, 0.717) is 25.9 Å². The van der Waals surface area contributed by atoms with Gasteiger partial charge in [0.1, 0.15) is 5.60 Å². The maximum Gasteiger partial charge on any atom is 0.410 e. The van der Waals surface area contributed by atoms with E-state index >= 15 is 0 Å². The molecule has 2 N–H and O–H groups in total. The van der Waals surface area contributed by atoms with E-state index in [-0.39, 0.29) is 31.1 Å². The minimum Gasteiger partial charge on any atom is -0.444 e. The number of carbonyl (C=O) groups is 1. The van der Waals surface area contributed by atoms with Gasteiger partial charge >= 0.3 is 6.09 Å². The molecular weight excluding hydrogens is 234 g/mol. The lowest BCUT2D eigenvalue weighted by Crippen LogP contribution is -2.35. The topological polar surface area (TPSA) is 70.0 Å². The first-order valence-corrected chi connectivity index (χ1v) is 6.57. The summed E-state index contributed by atoms with van der Waals surface area (Å²) < 4.78 is 5.34. The van der Waals surface area contributed by atoms with Gasteiger partial charge in [-0.15, -0.1) is 0 Å². The summed E-state index contributed by atoms with van der Waals surface area (Å²) in [5.41, 5.74) is -0.487. The molecule has 1 amide bonds. The molecule has 0 spiro atoms. The number of likely N-dealkylation sites (tertiary alicyclic amines) is 1. The molecule has 1 heterocycles. The molecule has 1 rings (SSSR count). The summed E-state index contributed by atoms with van der Waals surface area (Å²) in [4.78, 5) is 13.6. The Morgan fingerprint density at radius 1 is 1.17 bits per heavy atom. The zero-order chi connectivity index (χ0) is 13.8. The van der Waals surface area contributed by atoms with E-state index in [2.05, 4.69) is 0 Å². The first kappa shape index (κ1) is 15.2. The third-order valence-electron chi connectivity index (χ3n) is 3.23. The monoisotopic (exact) mass is 259 g/mol. The molecule has 2 atom stereocenters. The number of carbonyl (C=O) groups excluding carboxylic acids is 1. The molecule has 2 unspecified atom stereocenters. The van der Waals surface area contributed by atoms with Crippen molar-refractivity contribution in [1.29, 1.82) is 0 Å². The molecule has 1 aliphatic heterocycles. The Labute approximate surface area is 109 Å². The molecule has 1 fully saturated rings. The van der Waals surface area contributed by atoms with Crippen LogP contribution in [0.25, 0.3) is 0 Å². The average Bonchev–Trinajstić information content (AvgIpc) is 2.61. The fraction of sp³-hybridized carbons (Fsp3) is 0.923. The summed E-state index contributed by atoms with van der Waals surface area (Å²) in [6, 6.07) is 0. The molecule has 106 valence electrons. The van der Waals surface area contributed by atoms with E-state index < -0.39 is 5.60 Å². The summed E-state index contributed by atoms with van der Waals surface area (Å²) in [5.74, 6) is 0.518. The lowest BCUT2D eigenvalue weighted by Gasteiger charge is -2.24. The Morgan fingerprint density at radius 3 is 1.94 bits per heavy atom. The lowest BCUT2D eigenvalue weighted by molar-refractivity contribution is 0.0281. The minimum absolute atomic E-state index is 0.120. The smallest absolute Gasteiger partial charge is 0.410 e. The highest BCUT2D eigenvalue weighted by Gasteiger charge is 2.36. The highest BCUT2D eigenvalue weighted by atomic mass is 16.6. The van der Waals surface area contributed by atoms with Gasteiger partial charge in [-0.3, -0.25) is 0 Å². The maximum absolute atomic E-state index is 11.9. The van der Waals surface area contributed by atoms with Gasteiger partial charge in [-0.1, -0.05) is 0 Å². The van der Waals surface area contributed by atoms with Gasteiger partial charge in [0.2, 0.25) is 0 Å². The molecule has 0 bridgehead atoms. The van der Waals surface area contributed by atoms with E-state index in [1.807, 2.05) is 20.8 Å². The average molecular weight is 259 g/mol. The Balaban J connectivity index is 2.56. The number of hydrogen-bond donors (Lipinski definition) is 2. The van der Waals surface area contributed by atoms with Crippen molar-refractivity contribution in [2.75, 3.05) is 26.3 Å². The molecule has 0 radical (unpaired) electrons. The van der Waals surface area contributed by atoms with Gasteiger partial charge in [0.25, 0.3) is 0 Å². The van der Waals surface area contributed by atoms with Crippen LogP contribution in [0.4, 0.5) is 4.79 Å². The van der Waals surface area contributed by atoms with Crippen molar-refractivity contribution in [3.05, 3.63) is 0 Å². The number of hydrogen-bond acceptors (Lipinski definition) is 4. The normalized spacial score (nSPS) is 24.4. The van der Waals surface area contributed by atoms with Gasteiger partial charge in [-0.25, -0.2) is 4.79 Å². The van der Waals surface area contributed by atoms with E-state index in [0.717, 1.165) is 0 Å². The molecule has 0 aliphatic carbocycles. The van der Waals surface area contributed by atoms with Crippen LogP contribution in [-0.4, -0.2) is 53.1 Å². The van der Waals surface area contributed by atoms with Crippen LogP contribution in [0.15, 0.2) is 0 Å². The zero-order valence-corrected chi connectivity index (χ0v) is 11.6. The van der Waals surface area contributed by atoms with E-state index in [9.17, 15) is 4.79 Å². The number of aliphatic hydroxyl groups excluding tert-OH is 2. The molecule has 0 aromatic heterocycles. The van der Waals surface area contributed by atoms with Crippen molar-refractivity contribution in [2.45, 2.75) is 39.2 Å². The predicted octanol–water partition coefficient (Wildman–Crippen LogP) is 1.23. The van der Waals surface area contributed by atoms with Gasteiger partial charge in [0.05, 0.1) is 0 Å². The van der Waals surface area contributed by atoms with E-state index in [1.165, 1.54) is 0 Å². The third-order valence-corrected chi connectivity index (χ3v) is 3.23. The Hall–Kier alpha value is -0.810. The van der Waals surface area contributed by atoms with Gasteiger partial charge in [-0.05, 0) is 45.4 Å². The predicted molar refractivity (Wildman–Crippen MR) is 68.2 cm³/mol. The highest BCUT2D eigenvalue weighted by molar-refractivity contribution is 5.68. The molecular formula is C13H25NO4. The van der Waals surface area contributed by atoms with Crippen LogP contribution < -0.4 is 0 Å². The van der Waals surface area contributed by atoms with Crippen molar-refractivity contribution in [1.82, 2.24) is 4.90 Å². The second-order valence-corrected chi connectivity index (χ2v) is 5.93. The number of amides is 1. The number of nitrogens with zero attached hydrogens (tertiary/aromatic N) is 1. The first-order valence-electron chi connectivity index (χ1n) is 6.57. The van der Waals surface area contributed by atoms with Crippen molar-refractivity contribution in [3.8, 4) is 0 Å². The largest absolute Gasteiger partial charge is 0.444 e. The Kier molecular flexibility index (Phi) is 5.41. The van der Waals surface area contributed by atoms with E-state index in [1.54, 1.807) is 4.90 Å². The summed E-state index contributed by atoms with van der Waals surface area (Å²) in [5, 5.41) is 18.1. The number of ether oxygens (including phenoxy) is 1. The summed E-state index contributed by atoms with van der Waals surface area (Å²) in [6.07, 6.45) is 1.04. The van der Waals surface area contributed by atoms with Crippen LogP contribution in [0.1, 0.15) is 33.6 Å². The third kappa shape index (κ3) is 4.46. The van der Waals surface area contributed by atoms with Crippen LogP contribution in [0, 0.1) is 11.8 Å². The van der Waals surface area contributed by atoms with Crippen molar-refractivity contribution in [2.24, 2.45) is 11.8 Å². The SMILES string of the molecule is CC(C)(C)OC(=O)N1CC(CCO)C(CCO)C1. The van der Waals surface area contributed by atoms with Crippen LogP contribution in [0.5, 0.6) is 0 Å². The standard InChI is InChI=1S/C13H25NO4/c1-13(2,3)18-12(17)14-8-10(4-6-15)11(9-14)5-7-16/h10-11,15-16H,4-9H2,1-3H3. The lowest BCUT2D eigenvalue weighted by atomic mass is 9.91. The molecule has 1 saturated heterocycles. The number of aliphatic hydroxyl groups is 2. The molecule has 18 heavy (non-hydrogen) atoms. The maximum atomic E-state index is 11.9. The second kappa shape index (κ2) is 6.38. The zero-order valence-electron chi connectivity index (χ0n) is 11.6. The van der Waals surface area contributed by atoms with Gasteiger partial charge in [0.15, 0.2) is 0 Å². The first-order chi connectivity index (χ1) is 8.37. The van der Waals surface area contributed by atoms with Crippen molar-refractivity contribution >= 4 is 6.09 Å². The van der Waals surface area contributed by atoms with Crippen LogP contribution >= 0.6 is 0 Å². The second-order valence-electron chi connectivity index (χ2n) is 5.93. The molecule has 5 heteroatoms. The number of rotatable bonds is 4. The highest BCUT2D eigenvalue weighted by Crippen LogP contribution is 2.29. The molecule has 0 saturated carbocycles. The van der Waals surface area contributed by atoms with Crippen molar-refractivity contribution < 1.29 is 19.7 Å². The molecule has 0 aromatic rings. The van der Waals surface area contributed by atoms with Crippen LogP contribution in [-0.2, 0) is 4.74 Å². The molecule has 0 aromatic carbocycles. The molecule has 1 aliphatic rings. The summed E-state index contributed by atoms with van der Waals surface area (Å²) >= 11 is 0. The Bertz CT molecular complexity index is 261. The van der Waals surface area contributed by atoms with Gasteiger partial charge in [-0.2, -0.15) is 0 Å². The van der Waals surface area contributed by atoms with E-state index in [4.69, 9.17) is 14.9 Å². The summed E-state index contributed by atoms with van der Waals surface area (Å²) in [6.45, 7) is 7.00. The van der Waals surface area contributed by atoms with Gasteiger partial charge in [0, 0.05) is 26.3 Å². The quantitative estimate of drug-likeness (QED) is 0.797. The fourth-order valence-electron chi connectivity index (χ4n) is 2.40. The van der Waals surface area contributed by atoms with Crippen LogP contribution in [0.3, 0.4) is 0 Å². The summed E-state index contributed by atoms with van der Waals surface area (Å²) in [7, 11) is 0.